The molecule has 2 bridgehead atoms. The summed E-state index contributed by atoms with van der Waals surface area (Å²) in [7, 11) is 0. The summed E-state index contributed by atoms with van der Waals surface area (Å²) in [4.78, 5) is 29.5. The topological polar surface area (TPSA) is 96.5 Å². The van der Waals surface area contributed by atoms with Gasteiger partial charge in [0.15, 0.2) is 0 Å². The predicted molar refractivity (Wildman–Crippen MR) is 68.7 cm³/mol. The van der Waals surface area contributed by atoms with E-state index in [4.69, 9.17) is 5.73 Å². The van der Waals surface area contributed by atoms with E-state index in [0.717, 1.165) is 17.8 Å². The molecule has 3 unspecified atom stereocenters. The number of nitrogens with zero attached hydrogens (tertiary/aromatic N) is 2. The molecule has 19 heavy (non-hydrogen) atoms. The van der Waals surface area contributed by atoms with Crippen molar-refractivity contribution in [2.75, 3.05) is 0 Å². The Morgan fingerprint density at radius 3 is 2.89 bits per heavy atom. The summed E-state index contributed by atoms with van der Waals surface area (Å²) in [5.74, 6) is -1.37. The van der Waals surface area contributed by atoms with Crippen LogP contribution in [-0.4, -0.2) is 39.0 Å². The lowest BCUT2D eigenvalue weighted by Gasteiger charge is -2.22. The number of amides is 1. The molecule has 2 aliphatic heterocycles. The zero-order valence-corrected chi connectivity index (χ0v) is 11.1. The van der Waals surface area contributed by atoms with E-state index in [0.29, 0.717) is 18.7 Å². The van der Waals surface area contributed by atoms with Crippen LogP contribution in [0.25, 0.3) is 0 Å². The van der Waals surface area contributed by atoms with Gasteiger partial charge in [0.25, 0.3) is 5.91 Å². The van der Waals surface area contributed by atoms with Crippen LogP contribution in [0.5, 0.6) is 0 Å². The molecular weight excluding hydrogens is 266 g/mol. The van der Waals surface area contributed by atoms with Gasteiger partial charge in [-0.1, -0.05) is 0 Å². The molecule has 102 valence electrons. The van der Waals surface area contributed by atoms with Crippen molar-refractivity contribution in [3.05, 3.63) is 16.1 Å². The fourth-order valence-electron chi connectivity index (χ4n) is 3.21. The zero-order chi connectivity index (χ0) is 13.6. The number of hydrogen-bond donors (Lipinski definition) is 2. The Kier molecular flexibility index (Phi) is 3.02. The number of thiazole rings is 1. The van der Waals surface area contributed by atoms with Crippen molar-refractivity contribution < 1.29 is 14.7 Å². The molecule has 2 fully saturated rings. The highest BCUT2D eigenvalue weighted by Crippen LogP contribution is 2.42. The van der Waals surface area contributed by atoms with Gasteiger partial charge in [-0.05, 0) is 19.3 Å². The van der Waals surface area contributed by atoms with Crippen molar-refractivity contribution in [2.45, 2.75) is 37.9 Å². The Labute approximate surface area is 114 Å². The number of nitrogens with two attached hydrogens (primary N) is 1. The van der Waals surface area contributed by atoms with Crippen LogP contribution >= 0.6 is 11.3 Å². The second-order valence-corrected chi connectivity index (χ2v) is 5.96. The fraction of sp³-hybridized carbons (Fsp3) is 0.583. The SMILES string of the molecule is NCc1nc(C(=O)N2C3CCC2C(C(=O)O)C3)cs1. The van der Waals surface area contributed by atoms with Crippen LogP contribution in [0.2, 0.25) is 0 Å². The average Bonchev–Trinajstić information content (AvgIpc) is 3.11. The van der Waals surface area contributed by atoms with Crippen LogP contribution in [0.4, 0.5) is 0 Å². The number of carbonyl (C=O) groups excluding carboxylic acids is 1. The molecular formula is C12H15N3O3S. The van der Waals surface area contributed by atoms with E-state index in [1.807, 2.05) is 0 Å². The summed E-state index contributed by atoms with van der Waals surface area (Å²) >= 11 is 1.37. The van der Waals surface area contributed by atoms with Crippen LogP contribution in [0.15, 0.2) is 5.38 Å². The summed E-state index contributed by atoms with van der Waals surface area (Å²) in [5.41, 5.74) is 5.89. The molecule has 1 aromatic rings. The third kappa shape index (κ3) is 1.93. The van der Waals surface area contributed by atoms with Gasteiger partial charge in [0.2, 0.25) is 0 Å². The number of fused-ring (bicyclic) bond motifs is 2. The molecule has 1 amide bonds. The van der Waals surface area contributed by atoms with Gasteiger partial charge in [0, 0.05) is 24.0 Å². The number of carbonyl (C=O) groups is 2. The summed E-state index contributed by atoms with van der Waals surface area (Å²) in [6, 6.07) is -0.111. The van der Waals surface area contributed by atoms with Gasteiger partial charge in [0.1, 0.15) is 10.7 Å². The van der Waals surface area contributed by atoms with Crippen LogP contribution in [0.1, 0.15) is 34.8 Å². The molecule has 2 aliphatic rings. The minimum absolute atomic E-state index is 0.0571. The van der Waals surface area contributed by atoms with Crippen molar-refractivity contribution in [1.82, 2.24) is 9.88 Å². The van der Waals surface area contributed by atoms with E-state index >= 15 is 0 Å². The van der Waals surface area contributed by atoms with Gasteiger partial charge in [-0.25, -0.2) is 4.98 Å². The van der Waals surface area contributed by atoms with Crippen LogP contribution in [0, 0.1) is 5.92 Å². The highest BCUT2D eigenvalue weighted by Gasteiger charge is 2.51. The lowest BCUT2D eigenvalue weighted by molar-refractivity contribution is -0.142. The number of hydrogen-bond acceptors (Lipinski definition) is 5. The lowest BCUT2D eigenvalue weighted by atomic mass is 9.89. The maximum Gasteiger partial charge on any atom is 0.308 e. The van der Waals surface area contributed by atoms with Crippen molar-refractivity contribution >= 4 is 23.2 Å². The van der Waals surface area contributed by atoms with Crippen LogP contribution in [-0.2, 0) is 11.3 Å². The van der Waals surface area contributed by atoms with Crippen LogP contribution in [0.3, 0.4) is 0 Å². The van der Waals surface area contributed by atoms with Gasteiger partial charge >= 0.3 is 5.97 Å². The Hall–Kier alpha value is -1.47. The Balaban J connectivity index is 1.83. The number of carboxylic acid groups (broad SMARTS) is 1. The lowest BCUT2D eigenvalue weighted by Crippen LogP contribution is -2.38. The second kappa shape index (κ2) is 4.57. The Morgan fingerprint density at radius 2 is 2.32 bits per heavy atom. The normalized spacial score (nSPS) is 28.9. The number of aromatic nitrogens is 1. The van der Waals surface area contributed by atoms with Crippen molar-refractivity contribution in [3.63, 3.8) is 0 Å². The molecule has 0 aromatic carbocycles. The molecule has 1 aromatic heterocycles. The van der Waals surface area contributed by atoms with E-state index in [2.05, 4.69) is 4.98 Å². The maximum atomic E-state index is 12.4. The molecule has 3 heterocycles. The average molecular weight is 281 g/mol. The second-order valence-electron chi connectivity index (χ2n) is 5.02. The largest absolute Gasteiger partial charge is 0.481 e. The molecule has 0 radical (unpaired) electrons. The van der Waals surface area contributed by atoms with E-state index in [1.165, 1.54) is 11.3 Å². The maximum absolute atomic E-state index is 12.4. The van der Waals surface area contributed by atoms with Gasteiger partial charge in [-0.2, -0.15) is 0 Å². The number of aliphatic carboxylic acids is 1. The molecule has 7 heteroatoms. The number of rotatable bonds is 3. The van der Waals surface area contributed by atoms with Crippen molar-refractivity contribution in [1.29, 1.82) is 0 Å². The van der Waals surface area contributed by atoms with Gasteiger partial charge in [-0.15, -0.1) is 11.3 Å². The van der Waals surface area contributed by atoms with E-state index in [-0.39, 0.29) is 18.0 Å². The summed E-state index contributed by atoms with van der Waals surface area (Å²) < 4.78 is 0. The predicted octanol–water partition coefficient (Wildman–Crippen LogP) is 0.679. The minimum atomic E-state index is -0.800. The summed E-state index contributed by atoms with van der Waals surface area (Å²) in [5, 5.41) is 11.6. The van der Waals surface area contributed by atoms with Crippen LogP contribution < -0.4 is 5.73 Å². The minimum Gasteiger partial charge on any atom is -0.481 e. The standard InChI is InChI=1S/C12H15N3O3S/c13-4-10-14-8(5-19-10)11(16)15-6-1-2-9(15)7(3-6)12(17)18/h5-7,9H,1-4,13H2,(H,17,18). The third-order valence-corrected chi connectivity index (χ3v) is 4.91. The number of carboxylic acids is 1. The highest BCUT2D eigenvalue weighted by atomic mass is 32.1. The molecule has 0 aliphatic carbocycles. The van der Waals surface area contributed by atoms with Crippen molar-refractivity contribution in [3.8, 4) is 0 Å². The summed E-state index contributed by atoms with van der Waals surface area (Å²) in [6.07, 6.45) is 2.24. The Morgan fingerprint density at radius 1 is 1.53 bits per heavy atom. The highest BCUT2D eigenvalue weighted by molar-refractivity contribution is 7.09. The van der Waals surface area contributed by atoms with Gasteiger partial charge in [0.05, 0.1) is 5.92 Å². The molecule has 0 saturated carbocycles. The molecule has 3 atom stereocenters. The molecule has 3 rings (SSSR count). The molecule has 3 N–H and O–H groups in total. The summed E-state index contributed by atoms with van der Waals surface area (Å²) in [6.45, 7) is 0.322. The van der Waals surface area contributed by atoms with Gasteiger partial charge < -0.3 is 15.7 Å². The third-order valence-electron chi connectivity index (χ3n) is 4.03. The first-order valence-corrected chi connectivity index (χ1v) is 7.19. The monoisotopic (exact) mass is 281 g/mol. The fourth-order valence-corrected chi connectivity index (χ4v) is 3.85. The van der Waals surface area contributed by atoms with E-state index < -0.39 is 11.9 Å². The Bertz CT molecular complexity index is 530. The molecule has 0 spiro atoms. The first-order chi connectivity index (χ1) is 9.11. The molecule has 6 nitrogen and oxygen atoms in total. The first-order valence-electron chi connectivity index (χ1n) is 6.31. The van der Waals surface area contributed by atoms with Gasteiger partial charge in [-0.3, -0.25) is 9.59 Å². The first kappa shape index (κ1) is 12.6. The van der Waals surface area contributed by atoms with E-state index in [1.54, 1.807) is 10.3 Å². The smallest absolute Gasteiger partial charge is 0.308 e. The molecule has 2 saturated heterocycles. The van der Waals surface area contributed by atoms with Crippen molar-refractivity contribution in [2.24, 2.45) is 11.7 Å². The quantitative estimate of drug-likeness (QED) is 0.849. The zero-order valence-electron chi connectivity index (χ0n) is 10.3. The van der Waals surface area contributed by atoms with E-state index in [9.17, 15) is 14.7 Å².